The van der Waals surface area contributed by atoms with Gasteiger partial charge in [-0.1, -0.05) is 25.3 Å². The molecule has 0 radical (unpaired) electrons. The topological polar surface area (TPSA) is 20.3 Å². The van der Waals surface area contributed by atoms with Gasteiger partial charge in [0.15, 0.2) is 0 Å². The summed E-state index contributed by atoms with van der Waals surface area (Å²) >= 11 is 1.41. The summed E-state index contributed by atoms with van der Waals surface area (Å²) in [5, 5.41) is 0.573. The van der Waals surface area contributed by atoms with Crippen molar-refractivity contribution in [1.29, 1.82) is 0 Å². The molecule has 2 heterocycles. The molecule has 1 saturated carbocycles. The number of rotatable bonds is 1. The van der Waals surface area contributed by atoms with Crippen LogP contribution in [0.1, 0.15) is 41.8 Å². The van der Waals surface area contributed by atoms with E-state index in [0.717, 1.165) is 30.1 Å². The Hall–Kier alpha value is -1.42. The van der Waals surface area contributed by atoms with Crippen LogP contribution in [-0.4, -0.2) is 23.9 Å². The van der Waals surface area contributed by atoms with Gasteiger partial charge < -0.3 is 4.90 Å². The molecule has 2 nitrogen and oxygen atoms in total. The van der Waals surface area contributed by atoms with Crippen molar-refractivity contribution in [3.8, 4) is 0 Å². The molecule has 4 rings (SSSR count). The molecule has 2 fully saturated rings. The summed E-state index contributed by atoms with van der Waals surface area (Å²) in [5.41, 5.74) is 0. The lowest BCUT2D eigenvalue weighted by molar-refractivity contribution is 0.0525. The van der Waals surface area contributed by atoms with Gasteiger partial charge in [-0.2, -0.15) is 0 Å². The Morgan fingerprint density at radius 1 is 1.18 bits per heavy atom. The van der Waals surface area contributed by atoms with Crippen molar-refractivity contribution < 1.29 is 9.18 Å². The van der Waals surface area contributed by atoms with Crippen LogP contribution in [0.4, 0.5) is 4.39 Å². The van der Waals surface area contributed by atoms with Crippen LogP contribution in [0.2, 0.25) is 0 Å². The fourth-order valence-corrected chi connectivity index (χ4v) is 5.12. The van der Waals surface area contributed by atoms with Crippen LogP contribution < -0.4 is 0 Å². The second kappa shape index (κ2) is 5.65. The molecule has 116 valence electrons. The zero-order chi connectivity index (χ0) is 15.1. The Bertz CT molecular complexity index is 710. The third-order valence-corrected chi connectivity index (χ3v) is 6.39. The van der Waals surface area contributed by atoms with Crippen LogP contribution in [0.5, 0.6) is 0 Å². The van der Waals surface area contributed by atoms with Crippen LogP contribution in [0.25, 0.3) is 10.1 Å². The molecule has 2 atom stereocenters. The largest absolute Gasteiger partial charge is 0.338 e. The minimum Gasteiger partial charge on any atom is -0.338 e. The predicted molar refractivity (Wildman–Crippen MR) is 87.8 cm³/mol. The number of fused-ring (bicyclic) bond motifs is 2. The maximum atomic E-state index is 13.8. The third-order valence-electron chi connectivity index (χ3n) is 5.30. The summed E-state index contributed by atoms with van der Waals surface area (Å²) in [7, 11) is 0. The Labute approximate surface area is 133 Å². The number of piperidine rings is 1. The van der Waals surface area contributed by atoms with Crippen molar-refractivity contribution in [3.05, 3.63) is 35.0 Å². The first-order valence-electron chi connectivity index (χ1n) is 8.20. The predicted octanol–water partition coefficient (Wildman–Crippen LogP) is 4.69. The average Bonchev–Trinajstić information content (AvgIpc) is 2.99. The van der Waals surface area contributed by atoms with Crippen LogP contribution >= 0.6 is 11.3 Å². The van der Waals surface area contributed by atoms with E-state index in [-0.39, 0.29) is 11.7 Å². The SMILES string of the molecule is O=C(c1cc2c(F)cccc2s1)N1CC[C@H]2CCCC[C@H]2C1. The van der Waals surface area contributed by atoms with Gasteiger partial charge >= 0.3 is 0 Å². The maximum absolute atomic E-state index is 13.8. The number of carbonyl (C=O) groups excluding carboxylic acids is 1. The van der Waals surface area contributed by atoms with Gasteiger partial charge in [0.25, 0.3) is 5.91 Å². The van der Waals surface area contributed by atoms with Gasteiger partial charge in [0.05, 0.1) is 4.88 Å². The minimum atomic E-state index is -0.237. The van der Waals surface area contributed by atoms with E-state index in [1.807, 2.05) is 11.0 Å². The van der Waals surface area contributed by atoms with Crippen LogP contribution in [0.3, 0.4) is 0 Å². The van der Waals surface area contributed by atoms with Crippen LogP contribution in [-0.2, 0) is 0 Å². The lowest BCUT2D eigenvalue weighted by Gasteiger charge is -2.41. The lowest BCUT2D eigenvalue weighted by atomic mass is 9.75. The van der Waals surface area contributed by atoms with E-state index in [2.05, 4.69) is 0 Å². The molecule has 0 N–H and O–H groups in total. The number of benzene rings is 1. The highest BCUT2D eigenvalue weighted by atomic mass is 32.1. The van der Waals surface area contributed by atoms with Gasteiger partial charge in [0.1, 0.15) is 5.82 Å². The van der Waals surface area contributed by atoms with E-state index in [4.69, 9.17) is 0 Å². The number of halogens is 1. The van der Waals surface area contributed by atoms with Gasteiger partial charge in [-0.3, -0.25) is 4.79 Å². The molecule has 1 aliphatic carbocycles. The number of nitrogens with zero attached hydrogens (tertiary/aromatic N) is 1. The van der Waals surface area contributed by atoms with E-state index in [1.54, 1.807) is 12.1 Å². The molecule has 1 aliphatic heterocycles. The zero-order valence-electron chi connectivity index (χ0n) is 12.6. The molecular formula is C18H20FNOS. The van der Waals surface area contributed by atoms with Gasteiger partial charge in [0.2, 0.25) is 0 Å². The summed E-state index contributed by atoms with van der Waals surface area (Å²) < 4.78 is 14.7. The molecule has 2 aliphatic rings. The second-order valence-corrected chi connectivity index (χ2v) is 7.69. The summed E-state index contributed by atoms with van der Waals surface area (Å²) in [6, 6.07) is 6.77. The Morgan fingerprint density at radius 2 is 2.00 bits per heavy atom. The highest BCUT2D eigenvalue weighted by molar-refractivity contribution is 7.20. The van der Waals surface area contributed by atoms with Crippen LogP contribution in [0, 0.1) is 17.7 Å². The second-order valence-electron chi connectivity index (χ2n) is 6.61. The highest BCUT2D eigenvalue weighted by Gasteiger charge is 2.33. The van der Waals surface area contributed by atoms with Crippen molar-refractivity contribution in [2.24, 2.45) is 11.8 Å². The number of carbonyl (C=O) groups is 1. The quantitative estimate of drug-likeness (QED) is 0.747. The first-order valence-corrected chi connectivity index (χ1v) is 9.01. The standard InChI is InChI=1S/C18H20FNOS/c19-15-6-3-7-16-14(15)10-17(22-16)18(21)20-9-8-12-4-1-2-5-13(12)11-20/h3,6-7,10,12-13H,1-2,4-5,8-9,11H2/t12-,13+/m1/s1. The zero-order valence-corrected chi connectivity index (χ0v) is 13.4. The van der Waals surface area contributed by atoms with E-state index in [1.165, 1.54) is 43.1 Å². The summed E-state index contributed by atoms with van der Waals surface area (Å²) in [5.74, 6) is 1.35. The lowest BCUT2D eigenvalue weighted by Crippen LogP contribution is -2.44. The summed E-state index contributed by atoms with van der Waals surface area (Å²) in [6.07, 6.45) is 6.38. The van der Waals surface area contributed by atoms with Crippen LogP contribution in [0.15, 0.2) is 24.3 Å². The molecule has 1 saturated heterocycles. The fraction of sp³-hybridized carbons (Fsp3) is 0.500. The molecule has 1 aromatic carbocycles. The first-order chi connectivity index (χ1) is 10.7. The molecule has 22 heavy (non-hydrogen) atoms. The third kappa shape index (κ3) is 2.43. The number of amides is 1. The molecule has 1 aromatic heterocycles. The molecule has 4 heteroatoms. The molecule has 2 aromatic rings. The van der Waals surface area contributed by atoms with E-state index in [9.17, 15) is 9.18 Å². The molecule has 0 spiro atoms. The van der Waals surface area contributed by atoms with Gasteiger partial charge in [0, 0.05) is 23.2 Å². The normalized spacial score (nSPS) is 25.2. The van der Waals surface area contributed by atoms with Gasteiger partial charge in [-0.15, -0.1) is 11.3 Å². The van der Waals surface area contributed by atoms with Crippen molar-refractivity contribution >= 4 is 27.3 Å². The van der Waals surface area contributed by atoms with Gasteiger partial charge in [-0.05, 0) is 42.9 Å². The number of likely N-dealkylation sites (tertiary alicyclic amines) is 1. The number of hydrogen-bond acceptors (Lipinski definition) is 2. The molecule has 0 unspecified atom stereocenters. The Balaban J connectivity index is 1.56. The Morgan fingerprint density at radius 3 is 2.82 bits per heavy atom. The van der Waals surface area contributed by atoms with Gasteiger partial charge in [-0.25, -0.2) is 4.39 Å². The first kappa shape index (κ1) is 14.2. The van der Waals surface area contributed by atoms with Crippen molar-refractivity contribution in [3.63, 3.8) is 0 Å². The number of thiophene rings is 1. The number of hydrogen-bond donors (Lipinski definition) is 0. The molecule has 1 amide bonds. The van der Waals surface area contributed by atoms with Crippen molar-refractivity contribution in [1.82, 2.24) is 4.90 Å². The molecular weight excluding hydrogens is 297 g/mol. The van der Waals surface area contributed by atoms with E-state index < -0.39 is 0 Å². The van der Waals surface area contributed by atoms with Crippen molar-refractivity contribution in [2.75, 3.05) is 13.1 Å². The molecule has 0 bridgehead atoms. The fourth-order valence-electron chi connectivity index (χ4n) is 4.07. The van der Waals surface area contributed by atoms with Crippen molar-refractivity contribution in [2.45, 2.75) is 32.1 Å². The summed E-state index contributed by atoms with van der Waals surface area (Å²) in [6.45, 7) is 1.75. The smallest absolute Gasteiger partial charge is 0.263 e. The van der Waals surface area contributed by atoms with E-state index >= 15 is 0 Å². The average molecular weight is 317 g/mol. The maximum Gasteiger partial charge on any atom is 0.263 e. The van der Waals surface area contributed by atoms with E-state index in [0.29, 0.717) is 16.2 Å². The monoisotopic (exact) mass is 317 g/mol. The highest BCUT2D eigenvalue weighted by Crippen LogP contribution is 2.37. The minimum absolute atomic E-state index is 0.0876. The Kier molecular flexibility index (Phi) is 3.65. The summed E-state index contributed by atoms with van der Waals surface area (Å²) in [4.78, 5) is 15.4.